The molecule has 0 amide bonds. The lowest BCUT2D eigenvalue weighted by atomic mass is 9.80. The quantitative estimate of drug-likeness (QED) is 0.302. The van der Waals surface area contributed by atoms with Gasteiger partial charge in [0, 0.05) is 5.56 Å². The minimum absolute atomic E-state index is 0.0778. The van der Waals surface area contributed by atoms with Crippen LogP contribution in [0.3, 0.4) is 0 Å². The number of aliphatic hydroxyl groups excluding tert-OH is 4. The van der Waals surface area contributed by atoms with E-state index in [9.17, 15) is 25.2 Å². The van der Waals surface area contributed by atoms with Crippen LogP contribution in [-0.4, -0.2) is 69.8 Å². The van der Waals surface area contributed by atoms with Crippen molar-refractivity contribution in [1.29, 1.82) is 0 Å². The van der Waals surface area contributed by atoms with E-state index in [0.717, 1.165) is 25.7 Å². The number of nitrogens with one attached hydrogen (secondary N) is 1. The van der Waals surface area contributed by atoms with Crippen molar-refractivity contribution >= 4 is 0 Å². The second-order valence-electron chi connectivity index (χ2n) is 9.59. The second-order valence-corrected chi connectivity index (χ2v) is 9.59. The topological polar surface area (TPSA) is 141 Å². The van der Waals surface area contributed by atoms with Gasteiger partial charge in [-0.15, -0.1) is 0 Å². The summed E-state index contributed by atoms with van der Waals surface area (Å²) in [5.74, 6) is 0.370. The number of hydrogen-bond donors (Lipinski definition) is 5. The van der Waals surface area contributed by atoms with Crippen molar-refractivity contribution in [1.82, 2.24) is 4.98 Å². The molecule has 1 aliphatic heterocycles. The standard InChI is InChI=1S/C25H41NO8/c1-4-5-6-7-8-9-10-15-11-12-16(19-18(15)21(29)24(32-3)14(2)26-19)33-25-23(31)22(30)20(28)17(13-27)34-25/h15-17,20,22-23,25,27-28,30-31H,4-13H2,1-3H3,(H,26,29). The maximum atomic E-state index is 13.4. The van der Waals surface area contributed by atoms with Gasteiger partial charge in [0.2, 0.25) is 5.43 Å². The van der Waals surface area contributed by atoms with Gasteiger partial charge >= 0.3 is 0 Å². The van der Waals surface area contributed by atoms with Gasteiger partial charge in [-0.3, -0.25) is 4.79 Å². The number of aromatic amines is 1. The number of ether oxygens (including phenoxy) is 3. The van der Waals surface area contributed by atoms with E-state index in [1.54, 1.807) is 6.92 Å². The molecule has 9 nitrogen and oxygen atoms in total. The molecule has 1 aromatic heterocycles. The average Bonchev–Trinajstić information content (AvgIpc) is 2.82. The predicted molar refractivity (Wildman–Crippen MR) is 126 cm³/mol. The lowest BCUT2D eigenvalue weighted by Crippen LogP contribution is -2.59. The van der Waals surface area contributed by atoms with Crippen molar-refractivity contribution in [3.8, 4) is 5.75 Å². The zero-order valence-electron chi connectivity index (χ0n) is 20.5. The first-order valence-corrected chi connectivity index (χ1v) is 12.6. The molecule has 5 N–H and O–H groups in total. The van der Waals surface area contributed by atoms with Gasteiger partial charge in [0.1, 0.15) is 30.5 Å². The summed E-state index contributed by atoms with van der Waals surface area (Å²) in [5.41, 5.74) is 1.74. The Kier molecular flexibility index (Phi) is 9.94. The molecule has 0 bridgehead atoms. The number of H-pyrrole nitrogens is 1. The van der Waals surface area contributed by atoms with Crippen LogP contribution in [0.15, 0.2) is 4.79 Å². The minimum Gasteiger partial charge on any atom is -0.491 e. The molecular weight excluding hydrogens is 442 g/mol. The van der Waals surface area contributed by atoms with E-state index in [0.29, 0.717) is 29.1 Å². The third-order valence-corrected chi connectivity index (χ3v) is 7.17. The fourth-order valence-electron chi connectivity index (χ4n) is 5.22. The van der Waals surface area contributed by atoms with Crippen molar-refractivity contribution in [3.63, 3.8) is 0 Å². The number of methoxy groups -OCH3 is 1. The molecule has 0 aromatic carbocycles. The summed E-state index contributed by atoms with van der Waals surface area (Å²) in [6.45, 7) is 3.44. The monoisotopic (exact) mass is 483 g/mol. The summed E-state index contributed by atoms with van der Waals surface area (Å²) in [6.07, 6.45) is 1.97. The number of fused-ring (bicyclic) bond motifs is 1. The highest BCUT2D eigenvalue weighted by molar-refractivity contribution is 5.39. The molecule has 9 heteroatoms. The highest BCUT2D eigenvalue weighted by atomic mass is 16.7. The van der Waals surface area contributed by atoms with Crippen LogP contribution < -0.4 is 10.2 Å². The van der Waals surface area contributed by atoms with Gasteiger partial charge in [0.25, 0.3) is 0 Å². The zero-order chi connectivity index (χ0) is 24.8. The van der Waals surface area contributed by atoms with Gasteiger partial charge in [0.05, 0.1) is 25.1 Å². The molecule has 7 atom stereocenters. The molecule has 194 valence electrons. The van der Waals surface area contributed by atoms with Crippen molar-refractivity contribution in [2.24, 2.45) is 0 Å². The number of aryl methyl sites for hydroxylation is 1. The Morgan fingerprint density at radius 1 is 1.03 bits per heavy atom. The maximum Gasteiger partial charge on any atom is 0.227 e. The van der Waals surface area contributed by atoms with Crippen LogP contribution in [0.25, 0.3) is 0 Å². The van der Waals surface area contributed by atoms with Crippen LogP contribution in [-0.2, 0) is 9.47 Å². The molecule has 1 fully saturated rings. The van der Waals surface area contributed by atoms with Gasteiger partial charge in [-0.1, -0.05) is 45.4 Å². The smallest absolute Gasteiger partial charge is 0.227 e. The van der Waals surface area contributed by atoms with Crippen LogP contribution in [0, 0.1) is 6.92 Å². The van der Waals surface area contributed by atoms with E-state index in [-0.39, 0.29) is 11.3 Å². The van der Waals surface area contributed by atoms with Crippen molar-refractivity contribution in [2.75, 3.05) is 13.7 Å². The molecule has 2 heterocycles. The van der Waals surface area contributed by atoms with Crippen LogP contribution in [0.2, 0.25) is 0 Å². The minimum atomic E-state index is -1.52. The highest BCUT2D eigenvalue weighted by Crippen LogP contribution is 2.42. The van der Waals surface area contributed by atoms with E-state index >= 15 is 0 Å². The normalized spacial score (nSPS) is 31.3. The predicted octanol–water partition coefficient (Wildman–Crippen LogP) is 2.18. The Hall–Kier alpha value is -1.49. The van der Waals surface area contributed by atoms with Crippen LogP contribution in [0.4, 0.5) is 0 Å². The number of pyridine rings is 1. The largest absolute Gasteiger partial charge is 0.491 e. The third-order valence-electron chi connectivity index (χ3n) is 7.17. The lowest BCUT2D eigenvalue weighted by molar-refractivity contribution is -0.313. The molecular formula is C25H41NO8. The molecule has 0 spiro atoms. The Labute approximate surface area is 201 Å². The van der Waals surface area contributed by atoms with Gasteiger partial charge in [-0.2, -0.15) is 0 Å². The summed E-state index contributed by atoms with van der Waals surface area (Å²) in [5, 5.41) is 40.0. The molecule has 1 aromatic rings. The molecule has 0 radical (unpaired) electrons. The Bertz CT molecular complexity index is 841. The Morgan fingerprint density at radius 2 is 1.74 bits per heavy atom. The Morgan fingerprint density at radius 3 is 2.41 bits per heavy atom. The summed E-state index contributed by atoms with van der Waals surface area (Å²) in [6, 6.07) is 0. The highest BCUT2D eigenvalue weighted by Gasteiger charge is 2.46. The maximum absolute atomic E-state index is 13.4. The third kappa shape index (κ3) is 5.83. The number of aromatic nitrogens is 1. The number of rotatable bonds is 11. The summed E-state index contributed by atoms with van der Waals surface area (Å²) in [4.78, 5) is 16.6. The summed E-state index contributed by atoms with van der Waals surface area (Å²) < 4.78 is 17.0. The zero-order valence-corrected chi connectivity index (χ0v) is 20.5. The van der Waals surface area contributed by atoms with E-state index in [1.807, 2.05) is 0 Å². The van der Waals surface area contributed by atoms with Crippen molar-refractivity contribution in [2.45, 2.75) is 114 Å². The molecule has 7 unspecified atom stereocenters. The number of unbranched alkanes of at least 4 members (excludes halogenated alkanes) is 5. The van der Waals surface area contributed by atoms with Crippen LogP contribution in [0.1, 0.15) is 93.7 Å². The van der Waals surface area contributed by atoms with Crippen molar-refractivity contribution < 1.29 is 34.6 Å². The molecule has 2 aliphatic rings. The van der Waals surface area contributed by atoms with Gasteiger partial charge in [0.15, 0.2) is 12.0 Å². The number of aliphatic hydroxyl groups is 4. The van der Waals surface area contributed by atoms with E-state index < -0.39 is 43.4 Å². The average molecular weight is 484 g/mol. The Balaban J connectivity index is 1.81. The van der Waals surface area contributed by atoms with Crippen LogP contribution >= 0.6 is 0 Å². The van der Waals surface area contributed by atoms with Gasteiger partial charge in [-0.25, -0.2) is 0 Å². The molecule has 3 rings (SSSR count). The SMILES string of the molecule is CCCCCCCCC1CCC(OC2OC(CO)C(O)C(O)C2O)c2[nH]c(C)c(OC)c(=O)c21. The molecule has 1 aliphatic carbocycles. The van der Waals surface area contributed by atoms with Gasteiger partial charge in [-0.05, 0) is 32.1 Å². The lowest BCUT2D eigenvalue weighted by Gasteiger charge is -2.42. The first-order valence-electron chi connectivity index (χ1n) is 12.6. The van der Waals surface area contributed by atoms with E-state index in [1.165, 1.54) is 32.8 Å². The van der Waals surface area contributed by atoms with Crippen molar-refractivity contribution in [3.05, 3.63) is 27.2 Å². The summed E-state index contributed by atoms with van der Waals surface area (Å²) in [7, 11) is 1.48. The van der Waals surface area contributed by atoms with Crippen LogP contribution in [0.5, 0.6) is 5.75 Å². The first kappa shape index (κ1) is 27.1. The molecule has 0 saturated carbocycles. The van der Waals surface area contributed by atoms with E-state index in [4.69, 9.17) is 14.2 Å². The number of hydrogen-bond acceptors (Lipinski definition) is 8. The molecule has 1 saturated heterocycles. The van der Waals surface area contributed by atoms with Gasteiger partial charge < -0.3 is 39.6 Å². The molecule has 34 heavy (non-hydrogen) atoms. The summed E-state index contributed by atoms with van der Waals surface area (Å²) >= 11 is 0. The second kappa shape index (κ2) is 12.5. The first-order chi connectivity index (χ1) is 16.3. The fraction of sp³-hybridized carbons (Fsp3) is 0.800. The fourth-order valence-corrected chi connectivity index (χ4v) is 5.22. The van der Waals surface area contributed by atoms with E-state index in [2.05, 4.69) is 11.9 Å².